The van der Waals surface area contributed by atoms with Crippen LogP contribution in [-0.2, 0) is 4.79 Å². The van der Waals surface area contributed by atoms with Gasteiger partial charge in [0, 0.05) is 5.92 Å². The Balaban J connectivity index is 0. The van der Waals surface area contributed by atoms with Crippen LogP contribution in [0.4, 0.5) is 0 Å². The molecular weight excluding hydrogens is 200 g/mol. The molecule has 0 aromatic heterocycles. The molecule has 0 aromatic carbocycles. The normalized spacial score (nSPS) is 10.6. The number of nitrogens with zero attached hydrogens (tertiary/aromatic N) is 1. The van der Waals surface area contributed by atoms with Crippen molar-refractivity contribution >= 4 is 5.91 Å². The first-order chi connectivity index (χ1) is 5.87. The molecule has 84 valence electrons. The number of carbonyl (C=O) groups excluding carboxylic acids is 1. The van der Waals surface area contributed by atoms with E-state index < -0.39 is 0 Å². The summed E-state index contributed by atoms with van der Waals surface area (Å²) in [7, 11) is 4.20. The van der Waals surface area contributed by atoms with E-state index in [-0.39, 0.29) is 18.3 Å². The van der Waals surface area contributed by atoms with Gasteiger partial charge >= 0.3 is 0 Å². The molecule has 0 atom stereocenters. The number of hydrogen-bond donors (Lipinski definition) is 1. The number of rotatable bonds is 5. The smallest absolute Gasteiger partial charge is 0.247 e. The number of amides is 1. The van der Waals surface area contributed by atoms with Crippen molar-refractivity contribution in [2.75, 3.05) is 27.3 Å². The van der Waals surface area contributed by atoms with Crippen molar-refractivity contribution in [3.8, 4) is 0 Å². The quantitative estimate of drug-likeness (QED) is 0.324. The molecule has 0 aliphatic rings. The molecule has 0 unspecified atom stereocenters. The van der Waals surface area contributed by atoms with E-state index in [0.29, 0.717) is 12.6 Å². The monoisotopic (exact) mass is 220 g/mol. The lowest BCUT2D eigenvalue weighted by atomic mass is 10.2. The minimum atomic E-state index is -0.102. The van der Waals surface area contributed by atoms with Gasteiger partial charge in [0.25, 0.3) is 0 Å². The van der Waals surface area contributed by atoms with Crippen LogP contribution in [0.15, 0.2) is 12.7 Å². The Kier molecular flexibility index (Phi) is 7.78. The number of carbonyl (C=O) groups is 1. The topological polar surface area (TPSA) is 29.1 Å². The fraction of sp³-hybridized carbons (Fsp3) is 0.700. The third-order valence-corrected chi connectivity index (χ3v) is 1.73. The van der Waals surface area contributed by atoms with E-state index in [1.807, 2.05) is 0 Å². The summed E-state index contributed by atoms with van der Waals surface area (Å²) in [6.45, 7) is 9.46. The Labute approximate surface area is 93.2 Å². The van der Waals surface area contributed by atoms with Gasteiger partial charge in [0.05, 0.1) is 20.6 Å². The molecule has 0 bridgehead atoms. The Morgan fingerprint density at radius 3 is 2.36 bits per heavy atom. The molecule has 0 heterocycles. The molecule has 0 aromatic rings. The van der Waals surface area contributed by atoms with Gasteiger partial charge in [0.15, 0.2) is 6.67 Å². The van der Waals surface area contributed by atoms with Crippen LogP contribution in [0.5, 0.6) is 0 Å². The molecule has 0 saturated carbocycles. The zero-order valence-electron chi connectivity index (χ0n) is 9.51. The van der Waals surface area contributed by atoms with E-state index in [4.69, 9.17) is 0 Å². The van der Waals surface area contributed by atoms with Crippen molar-refractivity contribution < 1.29 is 21.7 Å². The Bertz CT molecular complexity index is 191. The molecule has 0 saturated heterocycles. The fourth-order valence-electron chi connectivity index (χ4n) is 1.42. The van der Waals surface area contributed by atoms with Crippen molar-refractivity contribution in [3.05, 3.63) is 12.7 Å². The average Bonchev–Trinajstić information content (AvgIpc) is 1.98. The number of halogens is 1. The number of quaternary nitrogens is 1. The molecule has 1 amide bonds. The maximum absolute atomic E-state index is 10.9. The van der Waals surface area contributed by atoms with Gasteiger partial charge in [-0.05, 0) is 6.08 Å². The first kappa shape index (κ1) is 15.9. The second-order valence-corrected chi connectivity index (χ2v) is 4.42. The van der Waals surface area contributed by atoms with Crippen LogP contribution in [-0.4, -0.2) is 37.7 Å². The largest absolute Gasteiger partial charge is 1.00 e. The zero-order valence-corrected chi connectivity index (χ0v) is 10.3. The lowest BCUT2D eigenvalue weighted by Crippen LogP contribution is -3.00. The molecule has 0 aliphatic carbocycles. The third-order valence-electron chi connectivity index (χ3n) is 1.73. The minimum Gasteiger partial charge on any atom is -1.00 e. The molecular formula is C10H21ClN2O. The minimum absolute atomic E-state index is 0. The van der Waals surface area contributed by atoms with Crippen LogP contribution >= 0.6 is 0 Å². The summed E-state index contributed by atoms with van der Waals surface area (Å²) >= 11 is 0. The van der Waals surface area contributed by atoms with E-state index in [9.17, 15) is 4.79 Å². The predicted octanol–water partition coefficient (Wildman–Crippen LogP) is -2.02. The van der Waals surface area contributed by atoms with Gasteiger partial charge in [-0.2, -0.15) is 0 Å². The highest BCUT2D eigenvalue weighted by Gasteiger charge is 2.16. The Hall–Kier alpha value is -0.540. The molecule has 0 spiro atoms. The summed E-state index contributed by atoms with van der Waals surface area (Å²) in [5, 5.41) is 2.79. The van der Waals surface area contributed by atoms with Crippen molar-refractivity contribution in [1.82, 2.24) is 5.32 Å². The SMILES string of the molecule is C=CC(=O)NC[N+](C)(C)CC(C)C.[Cl-]. The van der Waals surface area contributed by atoms with Crippen LogP contribution < -0.4 is 17.7 Å². The Morgan fingerprint density at radius 1 is 1.50 bits per heavy atom. The van der Waals surface area contributed by atoms with Crippen molar-refractivity contribution in [2.24, 2.45) is 5.92 Å². The van der Waals surface area contributed by atoms with Crippen LogP contribution in [0.25, 0.3) is 0 Å². The summed E-state index contributed by atoms with van der Waals surface area (Å²) in [4.78, 5) is 10.9. The lowest BCUT2D eigenvalue weighted by Gasteiger charge is -2.31. The van der Waals surface area contributed by atoms with Crippen molar-refractivity contribution in [3.63, 3.8) is 0 Å². The summed E-state index contributed by atoms with van der Waals surface area (Å²) in [6.07, 6.45) is 1.30. The standard InChI is InChI=1S/C10H20N2O.ClH/c1-6-10(13)11-8-12(4,5)7-9(2)3;/h6,9H,1,7-8H2,2-5H3;1H. The molecule has 1 N–H and O–H groups in total. The molecule has 0 aliphatic heterocycles. The highest BCUT2D eigenvalue weighted by atomic mass is 35.5. The Morgan fingerprint density at radius 2 is 2.00 bits per heavy atom. The summed E-state index contributed by atoms with van der Waals surface area (Å²) in [5.74, 6) is 0.533. The average molecular weight is 221 g/mol. The first-order valence-electron chi connectivity index (χ1n) is 4.59. The summed E-state index contributed by atoms with van der Waals surface area (Å²) in [6, 6.07) is 0. The van der Waals surface area contributed by atoms with Crippen LogP contribution in [0.1, 0.15) is 13.8 Å². The van der Waals surface area contributed by atoms with Gasteiger partial charge in [-0.15, -0.1) is 0 Å². The second kappa shape index (κ2) is 6.85. The van der Waals surface area contributed by atoms with Crippen molar-refractivity contribution in [2.45, 2.75) is 13.8 Å². The highest BCUT2D eigenvalue weighted by molar-refractivity contribution is 5.86. The lowest BCUT2D eigenvalue weighted by molar-refractivity contribution is -0.895. The van der Waals surface area contributed by atoms with Gasteiger partial charge in [-0.25, -0.2) is 0 Å². The van der Waals surface area contributed by atoms with E-state index in [0.717, 1.165) is 11.0 Å². The fourth-order valence-corrected chi connectivity index (χ4v) is 1.42. The molecule has 0 fully saturated rings. The van der Waals surface area contributed by atoms with E-state index in [2.05, 4.69) is 39.8 Å². The van der Waals surface area contributed by atoms with E-state index in [1.54, 1.807) is 0 Å². The maximum Gasteiger partial charge on any atom is 0.247 e. The molecule has 0 radical (unpaired) electrons. The second-order valence-electron chi connectivity index (χ2n) is 4.42. The van der Waals surface area contributed by atoms with Crippen LogP contribution in [0.3, 0.4) is 0 Å². The van der Waals surface area contributed by atoms with Gasteiger partial charge in [0.2, 0.25) is 5.91 Å². The number of nitrogens with one attached hydrogen (secondary N) is 1. The van der Waals surface area contributed by atoms with Gasteiger partial charge in [-0.1, -0.05) is 20.4 Å². The maximum atomic E-state index is 10.9. The molecule has 14 heavy (non-hydrogen) atoms. The van der Waals surface area contributed by atoms with Crippen molar-refractivity contribution in [1.29, 1.82) is 0 Å². The summed E-state index contributed by atoms with van der Waals surface area (Å²) < 4.78 is 0.803. The van der Waals surface area contributed by atoms with E-state index >= 15 is 0 Å². The molecule has 4 heteroatoms. The van der Waals surface area contributed by atoms with Crippen LogP contribution in [0, 0.1) is 5.92 Å². The molecule has 3 nitrogen and oxygen atoms in total. The van der Waals surface area contributed by atoms with E-state index in [1.165, 1.54) is 6.08 Å². The number of hydrogen-bond acceptors (Lipinski definition) is 1. The van der Waals surface area contributed by atoms with Gasteiger partial charge in [-0.3, -0.25) is 4.79 Å². The predicted molar refractivity (Wildman–Crippen MR) is 55.0 cm³/mol. The van der Waals surface area contributed by atoms with Gasteiger partial charge in [0.1, 0.15) is 0 Å². The van der Waals surface area contributed by atoms with Crippen LogP contribution in [0.2, 0.25) is 0 Å². The molecule has 0 rings (SSSR count). The zero-order chi connectivity index (χ0) is 10.5. The summed E-state index contributed by atoms with van der Waals surface area (Å²) in [5.41, 5.74) is 0. The first-order valence-corrected chi connectivity index (χ1v) is 4.59. The third kappa shape index (κ3) is 8.08. The highest BCUT2D eigenvalue weighted by Crippen LogP contribution is 2.02. The van der Waals surface area contributed by atoms with Gasteiger partial charge < -0.3 is 22.2 Å².